The molecule has 0 aromatic carbocycles. The lowest BCUT2D eigenvalue weighted by Crippen LogP contribution is -2.42. The van der Waals surface area contributed by atoms with Gasteiger partial charge in [0.1, 0.15) is 0 Å². The molecule has 1 aliphatic rings. The van der Waals surface area contributed by atoms with Crippen LogP contribution in [0.1, 0.15) is 40.0 Å². The molecule has 1 saturated heterocycles. The number of aliphatic hydroxyl groups is 1. The Hall–Kier alpha value is -0.160. The predicted octanol–water partition coefficient (Wildman–Crippen LogP) is 1.32. The molecule has 0 amide bonds. The molecule has 1 fully saturated rings. The van der Waals surface area contributed by atoms with E-state index in [9.17, 15) is 5.11 Å². The van der Waals surface area contributed by atoms with E-state index in [1.165, 1.54) is 6.42 Å². The summed E-state index contributed by atoms with van der Waals surface area (Å²) in [7, 11) is 0. The quantitative estimate of drug-likeness (QED) is 0.741. The number of aliphatic hydroxyl groups excluding tert-OH is 1. The Labute approximate surface area is 105 Å². The average Bonchev–Trinajstić information content (AvgIpc) is 2.27. The summed E-state index contributed by atoms with van der Waals surface area (Å²) < 4.78 is 11.0. The van der Waals surface area contributed by atoms with Gasteiger partial charge in [-0.2, -0.15) is 0 Å². The molecule has 102 valence electrons. The van der Waals surface area contributed by atoms with Gasteiger partial charge in [0.25, 0.3) is 0 Å². The van der Waals surface area contributed by atoms with Gasteiger partial charge in [0, 0.05) is 18.7 Å². The lowest BCUT2D eigenvalue weighted by Gasteiger charge is -2.24. The van der Waals surface area contributed by atoms with Crippen molar-refractivity contribution in [2.75, 3.05) is 26.4 Å². The molecular weight excluding hydrogens is 218 g/mol. The Bertz CT molecular complexity index is 197. The van der Waals surface area contributed by atoms with Crippen molar-refractivity contribution in [3.05, 3.63) is 0 Å². The number of rotatable bonds is 6. The normalized spacial score (nSPS) is 23.6. The van der Waals surface area contributed by atoms with Gasteiger partial charge in [-0.1, -0.05) is 0 Å². The molecule has 1 rings (SSSR count). The van der Waals surface area contributed by atoms with Crippen LogP contribution in [0.2, 0.25) is 0 Å². The van der Waals surface area contributed by atoms with E-state index in [0.29, 0.717) is 19.8 Å². The first-order valence-corrected chi connectivity index (χ1v) is 6.60. The fourth-order valence-corrected chi connectivity index (χ4v) is 1.76. The first kappa shape index (κ1) is 14.9. The molecule has 0 aromatic heterocycles. The van der Waals surface area contributed by atoms with Gasteiger partial charge in [-0.3, -0.25) is 0 Å². The minimum Gasteiger partial charge on any atom is -0.389 e. The largest absolute Gasteiger partial charge is 0.389 e. The molecule has 2 N–H and O–H groups in total. The van der Waals surface area contributed by atoms with Gasteiger partial charge in [-0.05, 0) is 40.0 Å². The molecule has 1 heterocycles. The van der Waals surface area contributed by atoms with Crippen molar-refractivity contribution in [2.24, 2.45) is 0 Å². The van der Waals surface area contributed by atoms with Crippen LogP contribution >= 0.6 is 0 Å². The van der Waals surface area contributed by atoms with Crippen molar-refractivity contribution in [3.8, 4) is 0 Å². The predicted molar refractivity (Wildman–Crippen MR) is 68.2 cm³/mol. The smallest absolute Gasteiger partial charge is 0.0897 e. The Morgan fingerprint density at radius 2 is 2.18 bits per heavy atom. The maximum absolute atomic E-state index is 9.71. The molecule has 1 aliphatic heterocycles. The van der Waals surface area contributed by atoms with Crippen LogP contribution in [0.15, 0.2) is 0 Å². The van der Waals surface area contributed by atoms with Gasteiger partial charge in [-0.15, -0.1) is 0 Å². The second-order valence-corrected chi connectivity index (χ2v) is 5.81. The maximum Gasteiger partial charge on any atom is 0.0897 e. The second-order valence-electron chi connectivity index (χ2n) is 5.81. The minimum absolute atomic E-state index is 0.0352. The highest BCUT2D eigenvalue weighted by molar-refractivity contribution is 4.72. The van der Waals surface area contributed by atoms with Crippen LogP contribution in [-0.2, 0) is 9.47 Å². The summed E-state index contributed by atoms with van der Waals surface area (Å²) in [5.41, 5.74) is 0.0352. The third kappa shape index (κ3) is 7.71. The molecule has 0 aliphatic carbocycles. The topological polar surface area (TPSA) is 50.7 Å². The molecule has 4 nitrogen and oxygen atoms in total. The zero-order valence-electron chi connectivity index (χ0n) is 11.4. The van der Waals surface area contributed by atoms with Crippen LogP contribution in [0.25, 0.3) is 0 Å². The van der Waals surface area contributed by atoms with Crippen molar-refractivity contribution in [2.45, 2.75) is 57.8 Å². The van der Waals surface area contributed by atoms with Crippen LogP contribution in [-0.4, -0.2) is 49.2 Å². The average molecular weight is 245 g/mol. The molecule has 4 heteroatoms. The Morgan fingerprint density at radius 3 is 2.76 bits per heavy atom. The van der Waals surface area contributed by atoms with E-state index in [0.717, 1.165) is 19.4 Å². The molecule has 0 aromatic rings. The Kier molecular flexibility index (Phi) is 6.41. The van der Waals surface area contributed by atoms with Crippen LogP contribution < -0.4 is 5.32 Å². The molecule has 0 radical (unpaired) electrons. The summed E-state index contributed by atoms with van der Waals surface area (Å²) >= 11 is 0. The van der Waals surface area contributed by atoms with E-state index >= 15 is 0 Å². The van der Waals surface area contributed by atoms with Crippen molar-refractivity contribution in [1.29, 1.82) is 0 Å². The van der Waals surface area contributed by atoms with E-state index in [4.69, 9.17) is 9.47 Å². The fraction of sp³-hybridized carbons (Fsp3) is 1.00. The Balaban J connectivity index is 2.01. The van der Waals surface area contributed by atoms with Crippen molar-refractivity contribution in [1.82, 2.24) is 5.32 Å². The minimum atomic E-state index is -0.446. The summed E-state index contributed by atoms with van der Waals surface area (Å²) in [6, 6.07) is 0. The first-order valence-electron chi connectivity index (χ1n) is 6.60. The molecule has 0 saturated carbocycles. The number of nitrogens with one attached hydrogen (secondary N) is 1. The number of hydrogen-bond acceptors (Lipinski definition) is 4. The lowest BCUT2D eigenvalue weighted by molar-refractivity contribution is -0.0570. The summed E-state index contributed by atoms with van der Waals surface area (Å²) in [5, 5.41) is 13.0. The molecule has 17 heavy (non-hydrogen) atoms. The summed E-state index contributed by atoms with van der Waals surface area (Å²) in [4.78, 5) is 0. The standard InChI is InChI=1S/C13H27NO3/c1-13(2,3)14-8-11(15)9-16-10-12-6-4-5-7-17-12/h11-12,14-15H,4-10H2,1-3H3. The third-order valence-corrected chi connectivity index (χ3v) is 2.76. The SMILES string of the molecule is CC(C)(C)NCC(O)COCC1CCCCO1. The van der Waals surface area contributed by atoms with Crippen LogP contribution in [0.4, 0.5) is 0 Å². The Morgan fingerprint density at radius 1 is 1.41 bits per heavy atom. The highest BCUT2D eigenvalue weighted by atomic mass is 16.5. The van der Waals surface area contributed by atoms with Gasteiger partial charge < -0.3 is 19.9 Å². The number of hydrogen-bond donors (Lipinski definition) is 2. The van der Waals surface area contributed by atoms with Crippen LogP contribution in [0.3, 0.4) is 0 Å². The summed E-state index contributed by atoms with van der Waals surface area (Å²) in [5.74, 6) is 0. The van der Waals surface area contributed by atoms with E-state index in [-0.39, 0.29) is 11.6 Å². The number of ether oxygens (including phenoxy) is 2. The lowest BCUT2D eigenvalue weighted by atomic mass is 10.1. The molecule has 2 unspecified atom stereocenters. The van der Waals surface area contributed by atoms with Gasteiger partial charge >= 0.3 is 0 Å². The van der Waals surface area contributed by atoms with E-state index < -0.39 is 6.10 Å². The fourth-order valence-electron chi connectivity index (χ4n) is 1.76. The monoisotopic (exact) mass is 245 g/mol. The molecular formula is C13H27NO3. The summed E-state index contributed by atoms with van der Waals surface area (Å²) in [6.45, 7) is 8.63. The van der Waals surface area contributed by atoms with Crippen LogP contribution in [0.5, 0.6) is 0 Å². The van der Waals surface area contributed by atoms with Crippen molar-refractivity contribution in [3.63, 3.8) is 0 Å². The first-order chi connectivity index (χ1) is 7.97. The highest BCUT2D eigenvalue weighted by Crippen LogP contribution is 2.12. The van der Waals surface area contributed by atoms with Gasteiger partial charge in [-0.25, -0.2) is 0 Å². The molecule has 0 bridgehead atoms. The van der Waals surface area contributed by atoms with E-state index in [1.807, 2.05) is 0 Å². The maximum atomic E-state index is 9.71. The van der Waals surface area contributed by atoms with E-state index in [2.05, 4.69) is 26.1 Å². The van der Waals surface area contributed by atoms with E-state index in [1.54, 1.807) is 0 Å². The molecule has 0 spiro atoms. The van der Waals surface area contributed by atoms with Crippen LogP contribution in [0, 0.1) is 0 Å². The van der Waals surface area contributed by atoms with Gasteiger partial charge in [0.05, 0.1) is 25.4 Å². The zero-order chi connectivity index (χ0) is 12.7. The van der Waals surface area contributed by atoms with Gasteiger partial charge in [0.2, 0.25) is 0 Å². The zero-order valence-corrected chi connectivity index (χ0v) is 11.4. The van der Waals surface area contributed by atoms with Crippen molar-refractivity contribution < 1.29 is 14.6 Å². The molecule has 2 atom stereocenters. The van der Waals surface area contributed by atoms with Gasteiger partial charge in [0.15, 0.2) is 0 Å². The van der Waals surface area contributed by atoms with Crippen molar-refractivity contribution >= 4 is 0 Å². The second kappa shape index (κ2) is 7.31. The number of β-amino-alcohol motifs (C(OH)–C–C–N with tert-alkyl or cyclic N) is 1. The highest BCUT2D eigenvalue weighted by Gasteiger charge is 2.15. The third-order valence-electron chi connectivity index (χ3n) is 2.76. The summed E-state index contributed by atoms with van der Waals surface area (Å²) in [6.07, 6.45) is 3.25.